The largest absolute Gasteiger partial charge is 0.460 e. The predicted octanol–water partition coefficient (Wildman–Crippen LogP) is 0.595. The van der Waals surface area contributed by atoms with Crippen LogP contribution in [0.1, 0.15) is 40.9 Å². The maximum atomic E-state index is 12.1. The average molecular weight is 233 g/mol. The standard InChI is InChI=1S/C12H11NO4/c1-6-7-4-9-10(14)2-3-13(9)11(15)8(7)5-17-12(6)16/h4,6H,2-3,5H2,1H3/t6-/m0/s1. The molecule has 0 fully saturated rings. The molecular formula is C12H11NO4. The molecule has 3 rings (SSSR count). The van der Waals surface area contributed by atoms with Crippen molar-refractivity contribution >= 4 is 11.8 Å². The molecule has 0 aromatic carbocycles. The number of fused-ring (bicyclic) bond motifs is 2. The molecule has 17 heavy (non-hydrogen) atoms. The number of aromatic nitrogens is 1. The van der Waals surface area contributed by atoms with Gasteiger partial charge in [0, 0.05) is 13.0 Å². The molecule has 1 atom stereocenters. The van der Waals surface area contributed by atoms with Gasteiger partial charge in [0.05, 0.1) is 17.2 Å². The molecule has 1 aromatic heterocycles. The van der Waals surface area contributed by atoms with Gasteiger partial charge in [-0.3, -0.25) is 14.4 Å². The molecule has 0 saturated carbocycles. The monoisotopic (exact) mass is 233 g/mol. The zero-order valence-corrected chi connectivity index (χ0v) is 9.36. The zero-order chi connectivity index (χ0) is 12.2. The van der Waals surface area contributed by atoms with Crippen LogP contribution in [-0.2, 0) is 22.7 Å². The summed E-state index contributed by atoms with van der Waals surface area (Å²) in [6, 6.07) is 1.68. The number of hydrogen-bond acceptors (Lipinski definition) is 4. The van der Waals surface area contributed by atoms with E-state index in [0.29, 0.717) is 29.8 Å². The van der Waals surface area contributed by atoms with Crippen molar-refractivity contribution in [2.45, 2.75) is 32.4 Å². The lowest BCUT2D eigenvalue weighted by atomic mass is 9.94. The number of carbonyl (C=O) groups is 2. The van der Waals surface area contributed by atoms with Crippen LogP contribution in [0.15, 0.2) is 10.9 Å². The molecule has 2 aliphatic heterocycles. The number of pyridine rings is 1. The van der Waals surface area contributed by atoms with Crippen LogP contribution in [0, 0.1) is 0 Å². The molecule has 88 valence electrons. The Labute approximate surface area is 97.0 Å². The van der Waals surface area contributed by atoms with E-state index < -0.39 is 5.92 Å². The Morgan fingerprint density at radius 2 is 2.12 bits per heavy atom. The third-order valence-electron chi connectivity index (χ3n) is 3.46. The number of ether oxygens (including phenoxy) is 1. The Morgan fingerprint density at radius 3 is 2.88 bits per heavy atom. The second kappa shape index (κ2) is 3.29. The Bertz CT molecular complexity index is 599. The number of Topliss-reactive ketones (excluding diaryl/α,β-unsaturated/α-hetero) is 1. The number of esters is 1. The highest BCUT2D eigenvalue weighted by atomic mass is 16.5. The second-order valence-corrected chi connectivity index (χ2v) is 4.42. The van der Waals surface area contributed by atoms with Gasteiger partial charge in [-0.25, -0.2) is 0 Å². The summed E-state index contributed by atoms with van der Waals surface area (Å²) in [6.45, 7) is 2.14. The molecule has 2 aliphatic rings. The molecule has 5 nitrogen and oxygen atoms in total. The Hall–Kier alpha value is -1.91. The van der Waals surface area contributed by atoms with E-state index in [2.05, 4.69) is 0 Å². The second-order valence-electron chi connectivity index (χ2n) is 4.42. The number of ketones is 1. The maximum absolute atomic E-state index is 12.1. The lowest BCUT2D eigenvalue weighted by molar-refractivity contribution is -0.147. The first-order valence-electron chi connectivity index (χ1n) is 5.56. The van der Waals surface area contributed by atoms with Gasteiger partial charge in [-0.05, 0) is 18.6 Å². The number of rotatable bonds is 0. The van der Waals surface area contributed by atoms with Crippen molar-refractivity contribution in [2.75, 3.05) is 0 Å². The summed E-state index contributed by atoms with van der Waals surface area (Å²) < 4.78 is 6.43. The predicted molar refractivity (Wildman–Crippen MR) is 57.9 cm³/mol. The van der Waals surface area contributed by atoms with Gasteiger partial charge in [0.25, 0.3) is 5.56 Å². The molecule has 0 unspecified atom stereocenters. The summed E-state index contributed by atoms with van der Waals surface area (Å²) in [4.78, 5) is 35.2. The summed E-state index contributed by atoms with van der Waals surface area (Å²) in [7, 11) is 0. The van der Waals surface area contributed by atoms with Gasteiger partial charge in [0.2, 0.25) is 0 Å². The van der Waals surface area contributed by atoms with Crippen LogP contribution in [0.3, 0.4) is 0 Å². The molecule has 5 heteroatoms. The van der Waals surface area contributed by atoms with Crippen LogP contribution in [0.4, 0.5) is 0 Å². The third-order valence-corrected chi connectivity index (χ3v) is 3.46. The topological polar surface area (TPSA) is 65.4 Å². The van der Waals surface area contributed by atoms with Crippen molar-refractivity contribution in [3.8, 4) is 0 Å². The molecule has 3 heterocycles. The van der Waals surface area contributed by atoms with Gasteiger partial charge >= 0.3 is 5.97 Å². The van der Waals surface area contributed by atoms with Gasteiger partial charge in [-0.2, -0.15) is 0 Å². The molecule has 0 bridgehead atoms. The first-order valence-corrected chi connectivity index (χ1v) is 5.56. The Balaban J connectivity index is 2.30. The van der Waals surface area contributed by atoms with E-state index in [1.165, 1.54) is 4.57 Å². The number of cyclic esters (lactones) is 1. The van der Waals surface area contributed by atoms with Crippen LogP contribution < -0.4 is 5.56 Å². The molecule has 0 N–H and O–H groups in total. The van der Waals surface area contributed by atoms with Gasteiger partial charge in [-0.15, -0.1) is 0 Å². The highest BCUT2D eigenvalue weighted by Gasteiger charge is 2.32. The fourth-order valence-electron chi connectivity index (χ4n) is 2.43. The van der Waals surface area contributed by atoms with Crippen LogP contribution in [-0.4, -0.2) is 16.3 Å². The maximum Gasteiger partial charge on any atom is 0.313 e. The first-order chi connectivity index (χ1) is 8.09. The summed E-state index contributed by atoms with van der Waals surface area (Å²) >= 11 is 0. The number of carbonyl (C=O) groups excluding carboxylic acids is 2. The van der Waals surface area contributed by atoms with Crippen LogP contribution in [0.2, 0.25) is 0 Å². The highest BCUT2D eigenvalue weighted by Crippen LogP contribution is 2.27. The van der Waals surface area contributed by atoms with E-state index in [0.717, 1.165) is 0 Å². The fourth-order valence-corrected chi connectivity index (χ4v) is 2.43. The molecule has 0 saturated heterocycles. The molecule has 0 aliphatic carbocycles. The van der Waals surface area contributed by atoms with E-state index in [1.807, 2.05) is 0 Å². The molecule has 0 amide bonds. The van der Waals surface area contributed by atoms with Crippen molar-refractivity contribution in [1.82, 2.24) is 4.57 Å². The van der Waals surface area contributed by atoms with Crippen molar-refractivity contribution in [3.05, 3.63) is 33.2 Å². The van der Waals surface area contributed by atoms with Crippen molar-refractivity contribution in [1.29, 1.82) is 0 Å². The minimum Gasteiger partial charge on any atom is -0.460 e. The molecule has 0 radical (unpaired) electrons. The Morgan fingerprint density at radius 1 is 1.35 bits per heavy atom. The lowest BCUT2D eigenvalue weighted by Crippen LogP contribution is -2.32. The third kappa shape index (κ3) is 1.28. The normalized spacial score (nSPS) is 22.1. The fraction of sp³-hybridized carbons (Fsp3) is 0.417. The van der Waals surface area contributed by atoms with E-state index >= 15 is 0 Å². The van der Waals surface area contributed by atoms with E-state index in [1.54, 1.807) is 13.0 Å². The van der Waals surface area contributed by atoms with Crippen LogP contribution >= 0.6 is 0 Å². The summed E-state index contributed by atoms with van der Waals surface area (Å²) in [5, 5.41) is 0. The summed E-state index contributed by atoms with van der Waals surface area (Å²) in [5.41, 5.74) is 1.39. The van der Waals surface area contributed by atoms with Crippen molar-refractivity contribution in [2.24, 2.45) is 0 Å². The van der Waals surface area contributed by atoms with Gasteiger partial charge < -0.3 is 9.30 Å². The van der Waals surface area contributed by atoms with Gasteiger partial charge in [0.15, 0.2) is 5.78 Å². The van der Waals surface area contributed by atoms with Crippen molar-refractivity contribution in [3.63, 3.8) is 0 Å². The minimum atomic E-state index is -0.467. The van der Waals surface area contributed by atoms with Crippen LogP contribution in [0.5, 0.6) is 0 Å². The molecular weight excluding hydrogens is 222 g/mol. The van der Waals surface area contributed by atoms with E-state index in [4.69, 9.17) is 4.74 Å². The van der Waals surface area contributed by atoms with Crippen LogP contribution in [0.25, 0.3) is 0 Å². The summed E-state index contributed by atoms with van der Waals surface area (Å²) in [6.07, 6.45) is 0.362. The number of nitrogens with zero attached hydrogens (tertiary/aromatic N) is 1. The number of hydrogen-bond donors (Lipinski definition) is 0. The molecule has 1 aromatic rings. The summed E-state index contributed by atoms with van der Waals surface area (Å²) in [5.74, 6) is -0.839. The zero-order valence-electron chi connectivity index (χ0n) is 9.36. The quantitative estimate of drug-likeness (QED) is 0.615. The molecule has 0 spiro atoms. The minimum absolute atomic E-state index is 0.0197. The highest BCUT2D eigenvalue weighted by molar-refractivity contribution is 5.96. The first kappa shape index (κ1) is 10.3. The lowest BCUT2D eigenvalue weighted by Gasteiger charge is -2.22. The Kier molecular flexibility index (Phi) is 1.98. The smallest absolute Gasteiger partial charge is 0.313 e. The van der Waals surface area contributed by atoms with E-state index in [-0.39, 0.29) is 23.9 Å². The van der Waals surface area contributed by atoms with Gasteiger partial charge in [0.1, 0.15) is 6.61 Å². The van der Waals surface area contributed by atoms with Gasteiger partial charge in [-0.1, -0.05) is 0 Å². The average Bonchev–Trinajstić information content (AvgIpc) is 2.67. The van der Waals surface area contributed by atoms with E-state index in [9.17, 15) is 14.4 Å². The SMILES string of the molecule is C[C@@H]1C(=O)OCc2c1cc1n(c2=O)CCC1=O. The van der Waals surface area contributed by atoms with Crippen molar-refractivity contribution < 1.29 is 14.3 Å².